The molecule has 0 N–H and O–H groups in total. The van der Waals surface area contributed by atoms with E-state index < -0.39 is 0 Å². The van der Waals surface area contributed by atoms with E-state index in [1.807, 2.05) is 6.07 Å². The highest BCUT2D eigenvalue weighted by molar-refractivity contribution is 5.68. The van der Waals surface area contributed by atoms with E-state index in [2.05, 4.69) is 42.8 Å². The first-order valence-corrected chi connectivity index (χ1v) is 7.42. The number of amides is 1. The maximum Gasteiger partial charge on any atom is 0.414 e. The Hall–Kier alpha value is -1.81. The van der Waals surface area contributed by atoms with Crippen LogP contribution in [0, 0.1) is 0 Å². The van der Waals surface area contributed by atoms with Gasteiger partial charge in [-0.3, -0.25) is 4.90 Å². The standard InChI is InChI=1S/C17H24N2O2/c1-14(2)21-17(20)19-11-9-16(10-12-19)18(3)13-15-7-5-4-6-8-15/h4-8,16H,1,9-13H2,2-3H3. The fourth-order valence-corrected chi connectivity index (χ4v) is 2.70. The largest absolute Gasteiger partial charge is 0.416 e. The van der Waals surface area contributed by atoms with Crippen LogP contribution >= 0.6 is 0 Å². The lowest BCUT2D eigenvalue weighted by molar-refractivity contribution is 0.0936. The normalized spacial score (nSPS) is 16.0. The zero-order valence-corrected chi connectivity index (χ0v) is 12.9. The van der Waals surface area contributed by atoms with Crippen LogP contribution in [0.15, 0.2) is 42.7 Å². The van der Waals surface area contributed by atoms with Gasteiger partial charge < -0.3 is 9.64 Å². The molecule has 0 radical (unpaired) electrons. The number of carbonyl (C=O) groups excluding carboxylic acids is 1. The van der Waals surface area contributed by atoms with Gasteiger partial charge >= 0.3 is 6.09 Å². The van der Waals surface area contributed by atoms with Crippen molar-refractivity contribution in [1.29, 1.82) is 0 Å². The number of allylic oxidation sites excluding steroid dienone is 1. The summed E-state index contributed by atoms with van der Waals surface area (Å²) in [6, 6.07) is 11.0. The molecule has 2 rings (SSSR count). The van der Waals surface area contributed by atoms with Gasteiger partial charge in [-0.25, -0.2) is 4.79 Å². The van der Waals surface area contributed by atoms with Crippen molar-refractivity contribution in [2.45, 2.75) is 32.4 Å². The molecule has 0 unspecified atom stereocenters. The summed E-state index contributed by atoms with van der Waals surface area (Å²) >= 11 is 0. The minimum atomic E-state index is -0.272. The molecule has 1 aliphatic heterocycles. The predicted octanol–water partition coefficient (Wildman–Crippen LogP) is 3.25. The zero-order chi connectivity index (χ0) is 15.2. The Morgan fingerprint density at radius 1 is 1.33 bits per heavy atom. The average Bonchev–Trinajstić information content (AvgIpc) is 2.47. The quantitative estimate of drug-likeness (QED) is 0.797. The van der Waals surface area contributed by atoms with Gasteiger partial charge in [0.25, 0.3) is 0 Å². The van der Waals surface area contributed by atoms with Gasteiger partial charge in [-0.1, -0.05) is 36.9 Å². The van der Waals surface area contributed by atoms with Gasteiger partial charge in [0.1, 0.15) is 0 Å². The summed E-state index contributed by atoms with van der Waals surface area (Å²) in [6.45, 7) is 7.73. The number of piperidine rings is 1. The lowest BCUT2D eigenvalue weighted by Crippen LogP contribution is -2.45. The van der Waals surface area contributed by atoms with Crippen LogP contribution in [0.1, 0.15) is 25.3 Å². The van der Waals surface area contributed by atoms with Crippen molar-refractivity contribution >= 4 is 6.09 Å². The lowest BCUT2D eigenvalue weighted by atomic mass is 10.0. The molecule has 0 aromatic heterocycles. The van der Waals surface area contributed by atoms with E-state index in [9.17, 15) is 4.79 Å². The highest BCUT2D eigenvalue weighted by Crippen LogP contribution is 2.18. The summed E-state index contributed by atoms with van der Waals surface area (Å²) in [6.07, 6.45) is 1.69. The van der Waals surface area contributed by atoms with Crippen molar-refractivity contribution in [3.05, 3.63) is 48.2 Å². The summed E-state index contributed by atoms with van der Waals surface area (Å²) in [5.74, 6) is 0.448. The number of hydrogen-bond acceptors (Lipinski definition) is 3. The summed E-state index contributed by atoms with van der Waals surface area (Å²) in [5.41, 5.74) is 1.32. The second-order valence-electron chi connectivity index (χ2n) is 5.69. The van der Waals surface area contributed by atoms with Gasteiger partial charge in [0, 0.05) is 25.7 Å². The molecule has 1 aliphatic rings. The van der Waals surface area contributed by atoms with E-state index in [4.69, 9.17) is 4.74 Å². The Kier molecular flexibility index (Phi) is 5.39. The van der Waals surface area contributed by atoms with E-state index in [0.29, 0.717) is 11.8 Å². The number of likely N-dealkylation sites (tertiary alicyclic amines) is 1. The molecule has 114 valence electrons. The Bertz CT molecular complexity index is 479. The highest BCUT2D eigenvalue weighted by Gasteiger charge is 2.26. The van der Waals surface area contributed by atoms with Crippen molar-refractivity contribution in [2.75, 3.05) is 20.1 Å². The molecule has 1 heterocycles. The molecule has 0 saturated carbocycles. The van der Waals surface area contributed by atoms with E-state index in [-0.39, 0.29) is 6.09 Å². The first kappa shape index (κ1) is 15.6. The zero-order valence-electron chi connectivity index (χ0n) is 12.9. The third-order valence-corrected chi connectivity index (χ3v) is 3.88. The first-order valence-electron chi connectivity index (χ1n) is 7.42. The number of hydrogen-bond donors (Lipinski definition) is 0. The van der Waals surface area contributed by atoms with Crippen LogP contribution in [0.3, 0.4) is 0 Å². The predicted molar refractivity (Wildman–Crippen MR) is 83.8 cm³/mol. The topological polar surface area (TPSA) is 32.8 Å². The molecule has 4 nitrogen and oxygen atoms in total. The van der Waals surface area contributed by atoms with E-state index in [1.165, 1.54) is 5.56 Å². The molecule has 1 aromatic carbocycles. The van der Waals surface area contributed by atoms with Crippen molar-refractivity contribution in [3.63, 3.8) is 0 Å². The first-order chi connectivity index (χ1) is 10.1. The molecule has 1 saturated heterocycles. The number of ether oxygens (including phenoxy) is 1. The van der Waals surface area contributed by atoms with Gasteiger partial charge in [-0.2, -0.15) is 0 Å². The van der Waals surface area contributed by atoms with Crippen LogP contribution in [0.25, 0.3) is 0 Å². The molecular formula is C17H24N2O2. The smallest absolute Gasteiger partial charge is 0.414 e. The molecule has 1 amide bonds. The van der Waals surface area contributed by atoms with E-state index in [1.54, 1.807) is 11.8 Å². The van der Waals surface area contributed by atoms with Gasteiger partial charge in [-0.15, -0.1) is 0 Å². The third-order valence-electron chi connectivity index (χ3n) is 3.88. The van der Waals surface area contributed by atoms with Crippen LogP contribution in [-0.4, -0.2) is 42.1 Å². The summed E-state index contributed by atoms with van der Waals surface area (Å²) < 4.78 is 5.06. The van der Waals surface area contributed by atoms with Crippen molar-refractivity contribution in [2.24, 2.45) is 0 Å². The van der Waals surface area contributed by atoms with Gasteiger partial charge in [0.05, 0.1) is 5.76 Å². The Morgan fingerprint density at radius 3 is 2.52 bits per heavy atom. The molecule has 21 heavy (non-hydrogen) atoms. The summed E-state index contributed by atoms with van der Waals surface area (Å²) in [5, 5.41) is 0. The molecule has 0 bridgehead atoms. The molecule has 0 aliphatic carbocycles. The molecule has 4 heteroatoms. The molecule has 0 spiro atoms. The van der Waals surface area contributed by atoms with Crippen molar-refractivity contribution < 1.29 is 9.53 Å². The highest BCUT2D eigenvalue weighted by atomic mass is 16.6. The second-order valence-corrected chi connectivity index (χ2v) is 5.69. The second kappa shape index (κ2) is 7.27. The van der Waals surface area contributed by atoms with Gasteiger partial charge in [0.2, 0.25) is 0 Å². The van der Waals surface area contributed by atoms with Crippen LogP contribution in [0.2, 0.25) is 0 Å². The lowest BCUT2D eigenvalue weighted by Gasteiger charge is -2.36. The van der Waals surface area contributed by atoms with E-state index >= 15 is 0 Å². The monoisotopic (exact) mass is 288 g/mol. The molecule has 0 atom stereocenters. The minimum Gasteiger partial charge on any atom is -0.416 e. The fraction of sp³-hybridized carbons (Fsp3) is 0.471. The molecular weight excluding hydrogens is 264 g/mol. The van der Waals surface area contributed by atoms with Gasteiger partial charge in [0.15, 0.2) is 0 Å². The van der Waals surface area contributed by atoms with Crippen LogP contribution in [0.4, 0.5) is 4.79 Å². The number of nitrogens with zero attached hydrogens (tertiary/aromatic N) is 2. The van der Waals surface area contributed by atoms with Crippen LogP contribution in [0.5, 0.6) is 0 Å². The van der Waals surface area contributed by atoms with Crippen molar-refractivity contribution in [1.82, 2.24) is 9.80 Å². The Morgan fingerprint density at radius 2 is 1.95 bits per heavy atom. The summed E-state index contributed by atoms with van der Waals surface area (Å²) in [7, 11) is 2.15. The third kappa shape index (κ3) is 4.60. The maximum absolute atomic E-state index is 11.8. The Labute approximate surface area is 127 Å². The Balaban J connectivity index is 1.80. The molecule has 1 fully saturated rings. The fourth-order valence-electron chi connectivity index (χ4n) is 2.70. The van der Waals surface area contributed by atoms with Crippen LogP contribution < -0.4 is 0 Å². The number of carbonyl (C=O) groups is 1. The maximum atomic E-state index is 11.8. The summed E-state index contributed by atoms with van der Waals surface area (Å²) in [4.78, 5) is 15.9. The van der Waals surface area contributed by atoms with Gasteiger partial charge in [-0.05, 0) is 32.4 Å². The van der Waals surface area contributed by atoms with Crippen LogP contribution in [-0.2, 0) is 11.3 Å². The number of benzene rings is 1. The van der Waals surface area contributed by atoms with E-state index in [0.717, 1.165) is 32.5 Å². The number of rotatable bonds is 4. The van der Waals surface area contributed by atoms with Crippen molar-refractivity contribution in [3.8, 4) is 0 Å². The average molecular weight is 288 g/mol. The molecule has 1 aromatic rings. The SMILES string of the molecule is C=C(C)OC(=O)N1CCC(N(C)Cc2ccccc2)CC1. The minimum absolute atomic E-state index is 0.272.